The number of carbonyl (C=O) groups excluding carboxylic acids is 2. The summed E-state index contributed by atoms with van der Waals surface area (Å²) in [6.45, 7) is 11.6. The Morgan fingerprint density at radius 2 is 1.91 bits per heavy atom. The van der Waals surface area contributed by atoms with Crippen LogP contribution in [-0.4, -0.2) is 59.5 Å². The molecule has 3 N–H and O–H groups in total. The van der Waals surface area contributed by atoms with Crippen LogP contribution in [0, 0.1) is 23.7 Å². The second-order valence-electron chi connectivity index (χ2n) is 10.5. The van der Waals surface area contributed by atoms with Crippen LogP contribution >= 0.6 is 0 Å². The number of alkyl halides is 1. The first-order valence-corrected chi connectivity index (χ1v) is 12.4. The van der Waals surface area contributed by atoms with Crippen LogP contribution in [0.1, 0.15) is 66.2 Å². The second-order valence-corrected chi connectivity index (χ2v) is 10.5. The molecule has 3 saturated carbocycles. The number of esters is 1. The van der Waals surface area contributed by atoms with E-state index >= 15 is 0 Å². The van der Waals surface area contributed by atoms with Crippen LogP contribution in [0.3, 0.4) is 0 Å². The first kappa shape index (κ1) is 27.4. The van der Waals surface area contributed by atoms with Gasteiger partial charge in [-0.1, -0.05) is 26.0 Å². The fourth-order valence-electron chi connectivity index (χ4n) is 5.96. The first-order valence-electron chi connectivity index (χ1n) is 12.4. The number of carboxylic acids is 1. The van der Waals surface area contributed by atoms with Crippen molar-refractivity contribution < 1.29 is 42.8 Å². The number of carbonyl (C=O) groups is 3. The molecule has 3 aliphatic rings. The average Bonchev–Trinajstić information content (AvgIpc) is 3.24. The van der Waals surface area contributed by atoms with Gasteiger partial charge >= 0.3 is 18.1 Å². The third-order valence-corrected chi connectivity index (χ3v) is 7.73. The molecule has 0 saturated heterocycles. The zero-order chi connectivity index (χ0) is 26.1. The molecule has 0 amide bonds. The van der Waals surface area contributed by atoms with Crippen LogP contribution in [0.2, 0.25) is 0 Å². The summed E-state index contributed by atoms with van der Waals surface area (Å²) in [7, 11) is 0. The monoisotopic (exact) mass is 499 g/mol. The van der Waals surface area contributed by atoms with Gasteiger partial charge in [-0.3, -0.25) is 4.79 Å². The molecule has 35 heavy (non-hydrogen) atoms. The van der Waals surface area contributed by atoms with Crippen molar-refractivity contribution in [3.8, 4) is 0 Å². The zero-order valence-corrected chi connectivity index (χ0v) is 21.0. The van der Waals surface area contributed by atoms with Gasteiger partial charge in [0.25, 0.3) is 0 Å². The molecule has 0 radical (unpaired) electrons. The van der Waals surface area contributed by atoms with Crippen molar-refractivity contribution in [1.29, 1.82) is 0 Å². The fourth-order valence-corrected chi connectivity index (χ4v) is 5.96. The lowest BCUT2D eigenvalue weighted by atomic mass is 9.78. The number of hydrogen-bond donors (Lipinski definition) is 2. The van der Waals surface area contributed by atoms with E-state index in [1.54, 1.807) is 0 Å². The van der Waals surface area contributed by atoms with Gasteiger partial charge in [-0.05, 0) is 44.9 Å². The van der Waals surface area contributed by atoms with Crippen molar-refractivity contribution >= 4 is 18.1 Å². The normalized spacial score (nSPS) is 38.7. The highest BCUT2D eigenvalue weighted by molar-refractivity contribution is 5.84. The Labute approximate surface area is 205 Å². The summed E-state index contributed by atoms with van der Waals surface area (Å²) in [6, 6.07) is 0. The van der Waals surface area contributed by atoms with Crippen molar-refractivity contribution in [1.82, 2.24) is 0 Å². The lowest BCUT2D eigenvalue weighted by Crippen LogP contribution is -2.56. The Bertz CT molecular complexity index is 851. The van der Waals surface area contributed by atoms with Gasteiger partial charge in [-0.15, -0.1) is 0 Å². The maximum atomic E-state index is 15.0. The summed E-state index contributed by atoms with van der Waals surface area (Å²) in [5.74, 6) is -3.87. The number of hydrogen-bond acceptors (Lipinski definition) is 8. The minimum absolute atomic E-state index is 0.0396. The molecule has 0 aromatic heterocycles. The van der Waals surface area contributed by atoms with Crippen molar-refractivity contribution in [2.75, 3.05) is 6.61 Å². The van der Waals surface area contributed by atoms with Gasteiger partial charge in [-0.25, -0.2) is 14.0 Å². The van der Waals surface area contributed by atoms with Gasteiger partial charge in [0, 0.05) is 31.3 Å². The van der Waals surface area contributed by atoms with Crippen LogP contribution in [-0.2, 0) is 28.5 Å². The third-order valence-electron chi connectivity index (χ3n) is 7.73. The topological polar surface area (TPSA) is 134 Å². The Morgan fingerprint density at radius 1 is 1.23 bits per heavy atom. The molecule has 10 heteroatoms. The highest BCUT2D eigenvalue weighted by Crippen LogP contribution is 2.67. The number of halogens is 1. The van der Waals surface area contributed by atoms with Gasteiger partial charge in [0.05, 0.1) is 18.1 Å². The van der Waals surface area contributed by atoms with Crippen molar-refractivity contribution in [2.45, 2.75) is 95.9 Å². The molecule has 3 rings (SSSR count). The summed E-state index contributed by atoms with van der Waals surface area (Å²) in [5.41, 5.74) is 3.34. The Balaban J connectivity index is 1.57. The Kier molecular flexibility index (Phi) is 8.16. The summed E-state index contributed by atoms with van der Waals surface area (Å²) in [6.07, 6.45) is -0.375. The molecule has 0 spiro atoms. The zero-order valence-electron chi connectivity index (χ0n) is 21.0. The highest BCUT2D eigenvalue weighted by atomic mass is 19.1. The maximum Gasteiger partial charge on any atom is 0.511 e. The molecule has 9 nitrogen and oxygen atoms in total. The number of rotatable bonds is 10. The fraction of sp³-hybridized carbons (Fsp3) is 0.800. The van der Waals surface area contributed by atoms with Crippen LogP contribution in [0.4, 0.5) is 9.18 Å². The molecule has 0 aromatic carbocycles. The average molecular weight is 500 g/mol. The molecular formula is C25H38FNO8. The number of fused-ring (bicyclic) bond motifs is 1. The quantitative estimate of drug-likeness (QED) is 0.262. The minimum atomic E-state index is -2.48. The lowest BCUT2D eigenvalue weighted by molar-refractivity contribution is -0.173. The predicted octanol–water partition coefficient (Wildman–Crippen LogP) is 3.74. The molecule has 2 unspecified atom stereocenters. The van der Waals surface area contributed by atoms with Gasteiger partial charge < -0.3 is 29.8 Å². The van der Waals surface area contributed by atoms with Crippen LogP contribution in [0.5, 0.6) is 0 Å². The van der Waals surface area contributed by atoms with E-state index in [4.69, 9.17) is 24.7 Å². The molecule has 3 fully saturated rings. The largest absolute Gasteiger partial charge is 0.511 e. The van der Waals surface area contributed by atoms with Crippen molar-refractivity contribution in [3.63, 3.8) is 0 Å². The first-order chi connectivity index (χ1) is 16.3. The van der Waals surface area contributed by atoms with Gasteiger partial charge in [-0.2, -0.15) is 0 Å². The maximum absolute atomic E-state index is 15.0. The molecule has 3 aliphatic carbocycles. The molecule has 0 aliphatic heterocycles. The van der Waals surface area contributed by atoms with Crippen LogP contribution in [0.25, 0.3) is 0 Å². The van der Waals surface area contributed by atoms with Gasteiger partial charge in [0.2, 0.25) is 12.0 Å². The highest BCUT2D eigenvalue weighted by Gasteiger charge is 2.83. The van der Waals surface area contributed by atoms with E-state index in [9.17, 15) is 23.9 Å². The van der Waals surface area contributed by atoms with E-state index in [1.807, 2.05) is 13.8 Å². The van der Waals surface area contributed by atoms with Crippen molar-refractivity contribution in [3.05, 3.63) is 12.2 Å². The predicted molar refractivity (Wildman–Crippen MR) is 123 cm³/mol. The lowest BCUT2D eigenvalue weighted by Gasteiger charge is -2.35. The smallest absolute Gasteiger partial charge is 0.479 e. The number of aliphatic carboxylic acids is 1. The van der Waals surface area contributed by atoms with Gasteiger partial charge in [0.1, 0.15) is 6.10 Å². The third kappa shape index (κ3) is 5.48. The number of ether oxygens (including phenoxy) is 4. The summed E-state index contributed by atoms with van der Waals surface area (Å²) in [4.78, 5) is 36.5. The van der Waals surface area contributed by atoms with E-state index in [-0.39, 0.29) is 18.4 Å². The molecule has 0 aromatic rings. The molecule has 0 heterocycles. The standard InChI is InChI=1S/C25H38FNO8/c1-6-9-32-19-11-17-21(25(17,26)22(29)30)24(19,27)12-20(28)33-15(5)34-23(31)35-18-10-14(4)7-8-16(18)13(2)3/h14-19,21H,2,6-12,27H2,1,3-5H3,(H,29,30)/t14-,15+,16+,17-,18?,19-,21?,24+,25-/m1/s1. The number of nitrogens with two attached hydrogens (primary N) is 1. The summed E-state index contributed by atoms with van der Waals surface area (Å²) >= 11 is 0. The van der Waals surface area contributed by atoms with E-state index in [0.717, 1.165) is 18.4 Å². The van der Waals surface area contributed by atoms with E-state index in [2.05, 4.69) is 13.5 Å². The van der Waals surface area contributed by atoms with Crippen LogP contribution in [0.15, 0.2) is 12.2 Å². The molecule has 198 valence electrons. The molecular weight excluding hydrogens is 461 g/mol. The molecule has 0 bridgehead atoms. The van der Waals surface area contributed by atoms with Gasteiger partial charge in [0.15, 0.2) is 0 Å². The van der Waals surface area contributed by atoms with E-state index in [0.29, 0.717) is 25.4 Å². The van der Waals surface area contributed by atoms with E-state index < -0.39 is 60.0 Å². The number of carboxylic acid groups (broad SMARTS) is 1. The summed E-state index contributed by atoms with van der Waals surface area (Å²) < 4.78 is 36.5. The Hall–Kier alpha value is -2.20. The molecule has 9 atom stereocenters. The minimum Gasteiger partial charge on any atom is -0.479 e. The Morgan fingerprint density at radius 3 is 2.51 bits per heavy atom. The van der Waals surface area contributed by atoms with E-state index in [1.165, 1.54) is 6.92 Å². The SMILES string of the molecule is C=C(C)[C@@H]1CC[C@@H](C)CC1OC(=O)O[C@@H](C)OC(=O)C[C@@]1(N)C2[C@@H](C[C@H]1OCCC)[C@]2(F)C(=O)O. The summed E-state index contributed by atoms with van der Waals surface area (Å²) in [5, 5.41) is 9.33. The van der Waals surface area contributed by atoms with Crippen molar-refractivity contribution in [2.24, 2.45) is 29.4 Å². The van der Waals surface area contributed by atoms with Crippen LogP contribution < -0.4 is 5.73 Å². The second kappa shape index (κ2) is 10.4.